The second-order valence-electron chi connectivity index (χ2n) is 4.50. The number of anilines is 1. The van der Waals surface area contributed by atoms with Gasteiger partial charge in [0.2, 0.25) is 5.91 Å². The highest BCUT2D eigenvalue weighted by molar-refractivity contribution is 5.92. The van der Waals surface area contributed by atoms with Crippen LogP contribution in [0.15, 0.2) is 12.1 Å². The normalized spacial score (nSPS) is 11.6. The Morgan fingerprint density at radius 1 is 1.29 bits per heavy atom. The molecule has 96 valence electrons. The van der Waals surface area contributed by atoms with E-state index in [1.54, 1.807) is 0 Å². The molecule has 0 heterocycles. The molecule has 0 radical (unpaired) electrons. The molecular formula is C13H21ClN2O. The van der Waals surface area contributed by atoms with Crippen LogP contribution < -0.4 is 11.1 Å². The SMILES string of the molecule is Cc1cc(C)c(NC(=O)CC(C)N)c(C)c1.Cl. The van der Waals surface area contributed by atoms with Crippen LogP contribution in [0.1, 0.15) is 30.0 Å². The second-order valence-corrected chi connectivity index (χ2v) is 4.50. The molecule has 0 aliphatic heterocycles. The standard InChI is InChI=1S/C13H20N2O.ClH/c1-8-5-9(2)13(10(3)6-8)15-12(16)7-11(4)14;/h5-6,11H,7,14H2,1-4H3,(H,15,16);1H. The number of rotatable bonds is 3. The van der Waals surface area contributed by atoms with Crippen LogP contribution in [-0.4, -0.2) is 11.9 Å². The molecule has 0 aliphatic rings. The maximum absolute atomic E-state index is 11.6. The monoisotopic (exact) mass is 256 g/mol. The molecule has 0 saturated carbocycles. The first-order valence-corrected chi connectivity index (χ1v) is 5.53. The second kappa shape index (κ2) is 6.62. The van der Waals surface area contributed by atoms with Crippen molar-refractivity contribution >= 4 is 24.0 Å². The van der Waals surface area contributed by atoms with Crippen LogP contribution in [0.3, 0.4) is 0 Å². The summed E-state index contributed by atoms with van der Waals surface area (Å²) in [6.07, 6.45) is 0.354. The lowest BCUT2D eigenvalue weighted by Crippen LogP contribution is -2.24. The summed E-state index contributed by atoms with van der Waals surface area (Å²) in [6.45, 7) is 7.88. The van der Waals surface area contributed by atoms with E-state index in [2.05, 4.69) is 17.4 Å². The molecule has 1 aromatic rings. The van der Waals surface area contributed by atoms with Crippen LogP contribution in [0, 0.1) is 20.8 Å². The van der Waals surface area contributed by atoms with Crippen LogP contribution in [0.25, 0.3) is 0 Å². The van der Waals surface area contributed by atoms with E-state index in [1.165, 1.54) is 5.56 Å². The van der Waals surface area contributed by atoms with E-state index in [-0.39, 0.29) is 24.4 Å². The number of nitrogens with two attached hydrogens (primary N) is 1. The molecule has 4 heteroatoms. The number of benzene rings is 1. The average Bonchev–Trinajstić information content (AvgIpc) is 2.09. The van der Waals surface area contributed by atoms with Crippen molar-refractivity contribution in [2.75, 3.05) is 5.32 Å². The molecule has 3 N–H and O–H groups in total. The molecule has 17 heavy (non-hydrogen) atoms. The molecule has 0 aromatic heterocycles. The zero-order valence-corrected chi connectivity index (χ0v) is 11.6. The van der Waals surface area contributed by atoms with Gasteiger partial charge in [-0.1, -0.05) is 17.7 Å². The highest BCUT2D eigenvalue weighted by Gasteiger charge is 2.09. The summed E-state index contributed by atoms with van der Waals surface area (Å²) in [6, 6.07) is 4.02. The summed E-state index contributed by atoms with van der Waals surface area (Å²) < 4.78 is 0. The Labute approximate surface area is 109 Å². The van der Waals surface area contributed by atoms with E-state index in [1.807, 2.05) is 27.7 Å². The number of hydrogen-bond donors (Lipinski definition) is 2. The third-order valence-electron chi connectivity index (χ3n) is 2.45. The Morgan fingerprint density at radius 3 is 2.18 bits per heavy atom. The lowest BCUT2D eigenvalue weighted by Gasteiger charge is -2.13. The molecular weight excluding hydrogens is 236 g/mol. The van der Waals surface area contributed by atoms with Crippen molar-refractivity contribution in [2.45, 2.75) is 40.2 Å². The van der Waals surface area contributed by atoms with Gasteiger partial charge in [0, 0.05) is 18.2 Å². The van der Waals surface area contributed by atoms with Crippen molar-refractivity contribution in [1.29, 1.82) is 0 Å². The van der Waals surface area contributed by atoms with Crippen LogP contribution in [0.5, 0.6) is 0 Å². The summed E-state index contributed by atoms with van der Waals surface area (Å²) >= 11 is 0. The summed E-state index contributed by atoms with van der Waals surface area (Å²) in [4.78, 5) is 11.6. The van der Waals surface area contributed by atoms with Gasteiger partial charge in [-0.15, -0.1) is 12.4 Å². The number of carbonyl (C=O) groups excluding carboxylic acids is 1. The molecule has 1 aromatic carbocycles. The minimum Gasteiger partial charge on any atom is -0.327 e. The van der Waals surface area contributed by atoms with E-state index in [4.69, 9.17) is 5.73 Å². The molecule has 1 unspecified atom stereocenters. The molecule has 1 rings (SSSR count). The Hall–Kier alpha value is -1.06. The largest absolute Gasteiger partial charge is 0.327 e. The van der Waals surface area contributed by atoms with Gasteiger partial charge in [0.05, 0.1) is 0 Å². The van der Waals surface area contributed by atoms with Crippen molar-refractivity contribution in [2.24, 2.45) is 5.73 Å². The van der Waals surface area contributed by atoms with Gasteiger partial charge in [-0.3, -0.25) is 4.79 Å². The number of hydrogen-bond acceptors (Lipinski definition) is 2. The fourth-order valence-electron chi connectivity index (χ4n) is 1.86. The number of halogens is 1. The Bertz CT molecular complexity index is 379. The van der Waals surface area contributed by atoms with E-state index < -0.39 is 0 Å². The maximum atomic E-state index is 11.6. The first-order valence-electron chi connectivity index (χ1n) is 5.53. The van der Waals surface area contributed by atoms with Crippen LogP contribution >= 0.6 is 12.4 Å². The van der Waals surface area contributed by atoms with Gasteiger partial charge in [0.1, 0.15) is 0 Å². The van der Waals surface area contributed by atoms with Crippen LogP contribution in [0.2, 0.25) is 0 Å². The lowest BCUT2D eigenvalue weighted by molar-refractivity contribution is -0.116. The summed E-state index contributed by atoms with van der Waals surface area (Å²) in [5, 5.41) is 2.92. The van der Waals surface area contributed by atoms with Crippen molar-refractivity contribution in [3.05, 3.63) is 28.8 Å². The quantitative estimate of drug-likeness (QED) is 0.874. The van der Waals surface area contributed by atoms with E-state index >= 15 is 0 Å². The Kier molecular flexibility index (Phi) is 6.21. The Morgan fingerprint density at radius 2 is 1.76 bits per heavy atom. The predicted molar refractivity (Wildman–Crippen MR) is 74.8 cm³/mol. The lowest BCUT2D eigenvalue weighted by atomic mass is 10.0. The molecule has 1 atom stereocenters. The van der Waals surface area contributed by atoms with Gasteiger partial charge < -0.3 is 11.1 Å². The molecule has 0 saturated heterocycles. The van der Waals surface area contributed by atoms with Crippen LogP contribution in [0.4, 0.5) is 5.69 Å². The zero-order valence-electron chi connectivity index (χ0n) is 10.8. The smallest absolute Gasteiger partial charge is 0.225 e. The maximum Gasteiger partial charge on any atom is 0.225 e. The summed E-state index contributed by atoms with van der Waals surface area (Å²) in [5.41, 5.74) is 9.89. The minimum absolute atomic E-state index is 0. The fourth-order valence-corrected chi connectivity index (χ4v) is 1.86. The van der Waals surface area contributed by atoms with Gasteiger partial charge in [-0.05, 0) is 38.8 Å². The minimum atomic E-state index is -0.105. The highest BCUT2D eigenvalue weighted by Crippen LogP contribution is 2.21. The highest BCUT2D eigenvalue weighted by atomic mass is 35.5. The third-order valence-corrected chi connectivity index (χ3v) is 2.45. The first-order chi connectivity index (χ1) is 7.40. The van der Waals surface area contributed by atoms with Crippen molar-refractivity contribution in [1.82, 2.24) is 0 Å². The molecule has 0 aliphatic carbocycles. The van der Waals surface area contributed by atoms with E-state index in [9.17, 15) is 4.79 Å². The topological polar surface area (TPSA) is 55.1 Å². The van der Waals surface area contributed by atoms with Crippen molar-refractivity contribution in [3.8, 4) is 0 Å². The summed E-state index contributed by atoms with van der Waals surface area (Å²) in [7, 11) is 0. The van der Waals surface area contributed by atoms with Crippen LogP contribution in [-0.2, 0) is 4.79 Å². The number of nitrogens with one attached hydrogen (secondary N) is 1. The molecule has 1 amide bonds. The number of carbonyl (C=O) groups is 1. The zero-order chi connectivity index (χ0) is 12.3. The summed E-state index contributed by atoms with van der Waals surface area (Å²) in [5.74, 6) is -0.0231. The average molecular weight is 257 g/mol. The number of amides is 1. The van der Waals surface area contributed by atoms with Gasteiger partial charge in [0.15, 0.2) is 0 Å². The number of aryl methyl sites for hydroxylation is 3. The van der Waals surface area contributed by atoms with Gasteiger partial charge >= 0.3 is 0 Å². The third kappa shape index (κ3) is 4.75. The van der Waals surface area contributed by atoms with Crippen molar-refractivity contribution in [3.63, 3.8) is 0 Å². The molecule has 0 spiro atoms. The molecule has 0 bridgehead atoms. The van der Waals surface area contributed by atoms with E-state index in [0.717, 1.165) is 16.8 Å². The predicted octanol–water partition coefficient (Wildman–Crippen LogP) is 2.71. The Balaban J connectivity index is 0.00000256. The molecule has 0 fully saturated rings. The van der Waals surface area contributed by atoms with Gasteiger partial charge in [0.25, 0.3) is 0 Å². The van der Waals surface area contributed by atoms with Gasteiger partial charge in [-0.25, -0.2) is 0 Å². The first kappa shape index (κ1) is 15.9. The van der Waals surface area contributed by atoms with Crippen molar-refractivity contribution < 1.29 is 4.79 Å². The van der Waals surface area contributed by atoms with E-state index in [0.29, 0.717) is 6.42 Å². The fraction of sp³-hybridized carbons (Fsp3) is 0.462. The molecule has 3 nitrogen and oxygen atoms in total. The van der Waals surface area contributed by atoms with Gasteiger partial charge in [-0.2, -0.15) is 0 Å².